The fraction of sp³-hybridized carbons (Fsp3) is 0.333. The van der Waals surface area contributed by atoms with Gasteiger partial charge in [-0.2, -0.15) is 5.26 Å². The van der Waals surface area contributed by atoms with E-state index in [0.717, 1.165) is 6.42 Å². The van der Waals surface area contributed by atoms with E-state index in [2.05, 4.69) is 5.32 Å². The molecule has 1 aromatic rings. The van der Waals surface area contributed by atoms with Crippen molar-refractivity contribution in [1.82, 2.24) is 5.32 Å². The van der Waals surface area contributed by atoms with Crippen LogP contribution in [0.5, 0.6) is 11.5 Å². The summed E-state index contributed by atoms with van der Waals surface area (Å²) >= 11 is 0. The van der Waals surface area contributed by atoms with Crippen LogP contribution >= 0.6 is 0 Å². The molecular weight excluding hydrogens is 256 g/mol. The third-order valence-electron chi connectivity index (χ3n) is 2.64. The first kappa shape index (κ1) is 15.6. The molecule has 5 heteroatoms. The van der Waals surface area contributed by atoms with E-state index in [1.807, 2.05) is 13.0 Å². The van der Waals surface area contributed by atoms with E-state index < -0.39 is 0 Å². The molecule has 0 fully saturated rings. The van der Waals surface area contributed by atoms with E-state index in [9.17, 15) is 4.79 Å². The highest BCUT2D eigenvalue weighted by Crippen LogP contribution is 2.26. The van der Waals surface area contributed by atoms with Crippen molar-refractivity contribution in [2.45, 2.75) is 13.3 Å². The molecule has 1 N–H and O–H groups in total. The van der Waals surface area contributed by atoms with Gasteiger partial charge in [-0.15, -0.1) is 0 Å². The summed E-state index contributed by atoms with van der Waals surface area (Å²) in [7, 11) is 3.08. The van der Waals surface area contributed by atoms with E-state index in [1.54, 1.807) is 25.3 Å². The number of benzene rings is 1. The average molecular weight is 274 g/mol. The summed E-state index contributed by atoms with van der Waals surface area (Å²) in [5, 5.41) is 11.7. The minimum atomic E-state index is -0.382. The molecule has 0 bridgehead atoms. The van der Waals surface area contributed by atoms with Crippen LogP contribution in [-0.2, 0) is 4.79 Å². The summed E-state index contributed by atoms with van der Waals surface area (Å²) in [5.74, 6) is 0.806. The minimum absolute atomic E-state index is 0.0434. The van der Waals surface area contributed by atoms with Crippen molar-refractivity contribution < 1.29 is 14.3 Å². The monoisotopic (exact) mass is 274 g/mol. The number of ether oxygens (including phenoxy) is 2. The molecule has 0 aliphatic rings. The molecule has 1 aromatic carbocycles. The summed E-state index contributed by atoms with van der Waals surface area (Å²) in [5.41, 5.74) is 0.693. The topological polar surface area (TPSA) is 71.4 Å². The van der Waals surface area contributed by atoms with Crippen molar-refractivity contribution in [3.63, 3.8) is 0 Å². The third kappa shape index (κ3) is 4.02. The van der Waals surface area contributed by atoms with E-state index in [0.29, 0.717) is 23.6 Å². The maximum Gasteiger partial charge on any atom is 0.261 e. The summed E-state index contributed by atoms with van der Waals surface area (Å²) < 4.78 is 10.3. The first-order valence-electron chi connectivity index (χ1n) is 6.28. The van der Waals surface area contributed by atoms with E-state index >= 15 is 0 Å². The number of nitrogens with one attached hydrogen (secondary N) is 1. The highest BCUT2D eigenvalue weighted by molar-refractivity contribution is 6.01. The quantitative estimate of drug-likeness (QED) is 0.637. The van der Waals surface area contributed by atoms with Crippen LogP contribution in [0.1, 0.15) is 18.9 Å². The molecule has 0 unspecified atom stereocenters. The van der Waals surface area contributed by atoms with Crippen molar-refractivity contribution >= 4 is 12.0 Å². The maximum atomic E-state index is 11.8. The molecule has 20 heavy (non-hydrogen) atoms. The molecule has 0 aliphatic carbocycles. The van der Waals surface area contributed by atoms with Crippen molar-refractivity contribution in [2.24, 2.45) is 0 Å². The third-order valence-corrected chi connectivity index (χ3v) is 2.64. The van der Waals surface area contributed by atoms with Gasteiger partial charge < -0.3 is 14.8 Å². The predicted octanol–water partition coefficient (Wildman–Crippen LogP) is 2.14. The lowest BCUT2D eigenvalue weighted by Gasteiger charge is -2.08. The fourth-order valence-corrected chi connectivity index (χ4v) is 1.58. The van der Waals surface area contributed by atoms with Crippen LogP contribution in [0.3, 0.4) is 0 Å². The number of rotatable bonds is 6. The van der Waals surface area contributed by atoms with Gasteiger partial charge in [0.1, 0.15) is 23.1 Å². The molecular formula is C15H18N2O3. The molecule has 0 aromatic heterocycles. The van der Waals surface area contributed by atoms with Crippen LogP contribution in [0.15, 0.2) is 23.8 Å². The van der Waals surface area contributed by atoms with Gasteiger partial charge in [-0.1, -0.05) is 6.92 Å². The number of hydrogen-bond donors (Lipinski definition) is 1. The number of nitrogens with zero attached hydrogens (tertiary/aromatic N) is 1. The Morgan fingerprint density at radius 1 is 1.40 bits per heavy atom. The second kappa shape index (κ2) is 7.85. The van der Waals surface area contributed by atoms with Gasteiger partial charge in [0.15, 0.2) is 0 Å². The number of nitriles is 1. The Labute approximate surface area is 118 Å². The van der Waals surface area contributed by atoms with E-state index in [4.69, 9.17) is 14.7 Å². The van der Waals surface area contributed by atoms with Gasteiger partial charge in [-0.05, 0) is 24.6 Å². The molecule has 0 radical (unpaired) electrons. The zero-order chi connectivity index (χ0) is 15.0. The number of hydrogen-bond acceptors (Lipinski definition) is 4. The summed E-state index contributed by atoms with van der Waals surface area (Å²) in [6.07, 6.45) is 2.32. The lowest BCUT2D eigenvalue weighted by molar-refractivity contribution is -0.117. The second-order valence-electron chi connectivity index (χ2n) is 4.03. The molecule has 1 amide bonds. The maximum absolute atomic E-state index is 11.8. The first-order valence-corrected chi connectivity index (χ1v) is 6.28. The SMILES string of the molecule is CCCNC(=O)/C(C#N)=C/c1ccc(OC)cc1OC. The Morgan fingerprint density at radius 2 is 2.15 bits per heavy atom. The zero-order valence-electron chi connectivity index (χ0n) is 11.9. The van der Waals surface area contributed by atoms with Crippen LogP contribution < -0.4 is 14.8 Å². The molecule has 1 rings (SSSR count). The molecule has 0 aliphatic heterocycles. The first-order chi connectivity index (χ1) is 9.65. The summed E-state index contributed by atoms with van der Waals surface area (Å²) in [4.78, 5) is 11.8. The van der Waals surface area contributed by atoms with Crippen molar-refractivity contribution in [3.05, 3.63) is 29.3 Å². The van der Waals surface area contributed by atoms with Crippen molar-refractivity contribution in [1.29, 1.82) is 5.26 Å². The van der Waals surface area contributed by atoms with E-state index in [-0.39, 0.29) is 11.5 Å². The van der Waals surface area contributed by atoms with Gasteiger partial charge in [0.2, 0.25) is 0 Å². The van der Waals surface area contributed by atoms with Crippen LogP contribution in [0.25, 0.3) is 6.08 Å². The van der Waals surface area contributed by atoms with Crippen molar-refractivity contribution in [3.8, 4) is 17.6 Å². The normalized spacial score (nSPS) is 10.6. The van der Waals surface area contributed by atoms with Gasteiger partial charge in [0, 0.05) is 18.2 Å². The molecule has 0 saturated heterocycles. The number of carbonyl (C=O) groups excluding carboxylic acids is 1. The minimum Gasteiger partial charge on any atom is -0.497 e. The van der Waals surface area contributed by atoms with Gasteiger partial charge in [0.25, 0.3) is 5.91 Å². The second-order valence-corrected chi connectivity index (χ2v) is 4.03. The average Bonchev–Trinajstić information content (AvgIpc) is 2.50. The smallest absolute Gasteiger partial charge is 0.261 e. The lowest BCUT2D eigenvalue weighted by Crippen LogP contribution is -2.25. The zero-order valence-corrected chi connectivity index (χ0v) is 11.9. The number of methoxy groups -OCH3 is 2. The van der Waals surface area contributed by atoms with E-state index in [1.165, 1.54) is 13.2 Å². The van der Waals surface area contributed by atoms with Crippen LogP contribution in [-0.4, -0.2) is 26.7 Å². The Balaban J connectivity index is 3.07. The Kier molecular flexibility index (Phi) is 6.11. The predicted molar refractivity (Wildman–Crippen MR) is 76.4 cm³/mol. The Hall–Kier alpha value is -2.48. The molecule has 0 saturated carbocycles. The van der Waals surface area contributed by atoms with Crippen LogP contribution in [0, 0.1) is 11.3 Å². The van der Waals surface area contributed by atoms with Gasteiger partial charge >= 0.3 is 0 Å². The van der Waals surface area contributed by atoms with Crippen LogP contribution in [0.2, 0.25) is 0 Å². The molecule has 0 atom stereocenters. The molecule has 5 nitrogen and oxygen atoms in total. The molecule has 0 heterocycles. The highest BCUT2D eigenvalue weighted by atomic mass is 16.5. The lowest BCUT2D eigenvalue weighted by atomic mass is 10.1. The largest absolute Gasteiger partial charge is 0.497 e. The highest BCUT2D eigenvalue weighted by Gasteiger charge is 2.10. The Morgan fingerprint density at radius 3 is 2.70 bits per heavy atom. The standard InChI is InChI=1S/C15H18N2O3/c1-4-7-17-15(18)12(10-16)8-11-5-6-13(19-2)9-14(11)20-3/h5-6,8-9H,4,7H2,1-3H3,(H,17,18)/b12-8+. The molecule has 106 valence electrons. The van der Waals surface area contributed by atoms with Crippen molar-refractivity contribution in [2.75, 3.05) is 20.8 Å². The van der Waals surface area contributed by atoms with Gasteiger partial charge in [-0.25, -0.2) is 0 Å². The number of carbonyl (C=O) groups is 1. The molecule has 0 spiro atoms. The Bertz CT molecular complexity index is 545. The van der Waals surface area contributed by atoms with Crippen LogP contribution in [0.4, 0.5) is 0 Å². The fourth-order valence-electron chi connectivity index (χ4n) is 1.58. The van der Waals surface area contributed by atoms with Gasteiger partial charge in [0.05, 0.1) is 14.2 Å². The summed E-state index contributed by atoms with van der Waals surface area (Å²) in [6, 6.07) is 7.08. The number of amides is 1. The van der Waals surface area contributed by atoms with Gasteiger partial charge in [-0.3, -0.25) is 4.79 Å². The summed E-state index contributed by atoms with van der Waals surface area (Å²) in [6.45, 7) is 2.49.